The standard InChI is InChI=1S/C12H23NO4S.K/c1-3-4-5-6-7-8-9-12(14)13(2)10-11-18(15,16)17;/h8-9H,3-7,10-11H2,1-2H3,(H,15,16,17);/q;+1/p-1/b9-8+;. The zero-order valence-corrected chi connectivity index (χ0v) is 16.0. The van der Waals surface area contributed by atoms with Crippen molar-refractivity contribution in [1.29, 1.82) is 0 Å². The molecule has 0 aliphatic rings. The molecule has 0 aromatic rings. The Morgan fingerprint density at radius 1 is 1.26 bits per heavy atom. The molecule has 19 heavy (non-hydrogen) atoms. The maximum atomic E-state index is 11.5. The number of hydrogen-bond donors (Lipinski definition) is 0. The fourth-order valence-electron chi connectivity index (χ4n) is 1.36. The summed E-state index contributed by atoms with van der Waals surface area (Å²) < 4.78 is 31.2. The van der Waals surface area contributed by atoms with Crippen molar-refractivity contribution < 1.29 is 69.1 Å². The van der Waals surface area contributed by atoms with Crippen LogP contribution in [0.1, 0.15) is 39.0 Å². The summed E-state index contributed by atoms with van der Waals surface area (Å²) in [4.78, 5) is 12.7. The molecule has 106 valence electrons. The second-order valence-electron chi connectivity index (χ2n) is 4.27. The summed E-state index contributed by atoms with van der Waals surface area (Å²) in [6.45, 7) is 2.07. The Bertz CT molecular complexity index is 368. The summed E-state index contributed by atoms with van der Waals surface area (Å²) >= 11 is 0. The normalized spacial score (nSPS) is 11.3. The zero-order chi connectivity index (χ0) is 14.0. The van der Waals surface area contributed by atoms with E-state index in [1.807, 2.05) is 0 Å². The molecule has 5 nitrogen and oxygen atoms in total. The smallest absolute Gasteiger partial charge is 0.748 e. The van der Waals surface area contributed by atoms with Gasteiger partial charge in [-0.05, 0) is 18.9 Å². The van der Waals surface area contributed by atoms with Crippen molar-refractivity contribution in [3.8, 4) is 0 Å². The Morgan fingerprint density at radius 3 is 2.42 bits per heavy atom. The molecule has 0 radical (unpaired) electrons. The van der Waals surface area contributed by atoms with Crippen molar-refractivity contribution in [2.75, 3.05) is 19.3 Å². The van der Waals surface area contributed by atoms with E-state index < -0.39 is 15.9 Å². The van der Waals surface area contributed by atoms with Gasteiger partial charge in [-0.2, -0.15) is 0 Å². The van der Waals surface area contributed by atoms with Crippen LogP contribution in [0.15, 0.2) is 12.2 Å². The van der Waals surface area contributed by atoms with Gasteiger partial charge in [0.25, 0.3) is 0 Å². The van der Waals surface area contributed by atoms with Crippen LogP contribution in [0.4, 0.5) is 0 Å². The second kappa shape index (κ2) is 12.5. The van der Waals surface area contributed by atoms with Crippen molar-refractivity contribution in [1.82, 2.24) is 4.90 Å². The van der Waals surface area contributed by atoms with Crippen LogP contribution >= 0.6 is 0 Å². The van der Waals surface area contributed by atoms with Gasteiger partial charge in [0.15, 0.2) is 0 Å². The van der Waals surface area contributed by atoms with Crippen LogP contribution in [0, 0.1) is 0 Å². The van der Waals surface area contributed by atoms with Crippen LogP contribution in [0.5, 0.6) is 0 Å². The minimum Gasteiger partial charge on any atom is -0.748 e. The van der Waals surface area contributed by atoms with Crippen LogP contribution in [-0.2, 0) is 14.9 Å². The van der Waals surface area contributed by atoms with E-state index in [-0.39, 0.29) is 63.8 Å². The summed E-state index contributed by atoms with van der Waals surface area (Å²) in [7, 11) is -2.78. The molecule has 0 fully saturated rings. The SMILES string of the molecule is CCCCCC/C=C/C(=O)N(C)CCS(=O)(=O)[O-].[K+]. The molecular formula is C12H22KNO4S. The minimum absolute atomic E-state index is 0. The van der Waals surface area contributed by atoms with E-state index >= 15 is 0 Å². The number of carbonyl (C=O) groups is 1. The fraction of sp³-hybridized carbons (Fsp3) is 0.750. The molecule has 0 unspecified atom stereocenters. The number of unbranched alkanes of at least 4 members (excludes halogenated alkanes) is 4. The molecule has 1 amide bonds. The number of rotatable bonds is 9. The molecule has 0 saturated heterocycles. The van der Waals surface area contributed by atoms with Crippen LogP contribution < -0.4 is 51.4 Å². The van der Waals surface area contributed by atoms with E-state index in [2.05, 4.69) is 6.92 Å². The van der Waals surface area contributed by atoms with Gasteiger partial charge < -0.3 is 9.45 Å². The van der Waals surface area contributed by atoms with Crippen LogP contribution in [-0.4, -0.2) is 43.1 Å². The monoisotopic (exact) mass is 315 g/mol. The van der Waals surface area contributed by atoms with E-state index in [0.29, 0.717) is 0 Å². The predicted molar refractivity (Wildman–Crippen MR) is 70.1 cm³/mol. The Balaban J connectivity index is 0. The molecule has 0 saturated carbocycles. The van der Waals surface area contributed by atoms with Crippen molar-refractivity contribution >= 4 is 16.0 Å². The van der Waals surface area contributed by atoms with E-state index in [1.165, 1.54) is 30.9 Å². The van der Waals surface area contributed by atoms with Crippen LogP contribution in [0.2, 0.25) is 0 Å². The topological polar surface area (TPSA) is 77.5 Å². The molecule has 0 aromatic heterocycles. The molecule has 0 N–H and O–H groups in total. The largest absolute Gasteiger partial charge is 1.00 e. The molecule has 0 bridgehead atoms. The van der Waals surface area contributed by atoms with E-state index in [4.69, 9.17) is 0 Å². The molecule has 0 rings (SSSR count). The third kappa shape index (κ3) is 15.0. The summed E-state index contributed by atoms with van der Waals surface area (Å²) in [5.41, 5.74) is 0. The molecule has 0 aromatic carbocycles. The first kappa shape index (κ1) is 22.0. The number of carbonyl (C=O) groups excluding carboxylic acids is 1. The Morgan fingerprint density at radius 2 is 1.89 bits per heavy atom. The molecule has 0 heterocycles. The van der Waals surface area contributed by atoms with Gasteiger partial charge in [-0.25, -0.2) is 8.42 Å². The van der Waals surface area contributed by atoms with Crippen molar-refractivity contribution in [2.24, 2.45) is 0 Å². The molecule has 7 heteroatoms. The maximum absolute atomic E-state index is 11.5. The second-order valence-corrected chi connectivity index (χ2v) is 5.80. The van der Waals surface area contributed by atoms with Gasteiger partial charge in [-0.15, -0.1) is 0 Å². The number of hydrogen-bond acceptors (Lipinski definition) is 4. The van der Waals surface area contributed by atoms with E-state index in [0.717, 1.165) is 19.3 Å². The van der Waals surface area contributed by atoms with Gasteiger partial charge in [0.1, 0.15) is 0 Å². The number of allylic oxidation sites excluding steroid dienone is 1. The summed E-state index contributed by atoms with van der Waals surface area (Å²) in [5, 5.41) is 0. The zero-order valence-electron chi connectivity index (χ0n) is 12.1. The van der Waals surface area contributed by atoms with E-state index in [9.17, 15) is 17.8 Å². The summed E-state index contributed by atoms with van der Waals surface area (Å²) in [5.74, 6) is -0.811. The van der Waals surface area contributed by atoms with Crippen molar-refractivity contribution in [2.45, 2.75) is 39.0 Å². The molecule has 0 aliphatic carbocycles. The van der Waals surface area contributed by atoms with Crippen molar-refractivity contribution in [3.05, 3.63) is 12.2 Å². The third-order valence-electron chi connectivity index (χ3n) is 2.54. The van der Waals surface area contributed by atoms with Crippen LogP contribution in [0.25, 0.3) is 0 Å². The average molecular weight is 315 g/mol. The molecule has 0 spiro atoms. The van der Waals surface area contributed by atoms with Crippen LogP contribution in [0.3, 0.4) is 0 Å². The van der Waals surface area contributed by atoms with Gasteiger partial charge in [0.05, 0.1) is 15.9 Å². The first-order valence-corrected chi connectivity index (χ1v) is 7.79. The van der Waals surface area contributed by atoms with Gasteiger partial charge in [0, 0.05) is 13.6 Å². The maximum Gasteiger partial charge on any atom is 1.00 e. The van der Waals surface area contributed by atoms with Gasteiger partial charge >= 0.3 is 51.4 Å². The first-order valence-electron chi connectivity index (χ1n) is 6.22. The number of nitrogens with zero attached hydrogens (tertiary/aromatic N) is 1. The predicted octanol–water partition coefficient (Wildman–Crippen LogP) is -1.48. The Kier molecular flexibility index (Phi) is 14.5. The fourth-order valence-corrected chi connectivity index (χ4v) is 1.86. The molecule has 0 aliphatic heterocycles. The Labute approximate surface area is 159 Å². The average Bonchev–Trinajstić information content (AvgIpc) is 2.29. The quantitative estimate of drug-likeness (QED) is 0.225. The van der Waals surface area contributed by atoms with Gasteiger partial charge in [-0.3, -0.25) is 4.79 Å². The molecular weight excluding hydrogens is 293 g/mol. The summed E-state index contributed by atoms with van der Waals surface area (Å²) in [6, 6.07) is 0. The number of likely N-dealkylation sites (N-methyl/N-ethyl adjacent to an activating group) is 1. The van der Waals surface area contributed by atoms with Gasteiger partial charge in [0.2, 0.25) is 5.91 Å². The summed E-state index contributed by atoms with van der Waals surface area (Å²) in [6.07, 6.45) is 8.65. The first-order chi connectivity index (χ1) is 8.37. The Hall–Kier alpha value is 0.756. The third-order valence-corrected chi connectivity index (χ3v) is 3.22. The minimum atomic E-state index is -4.26. The van der Waals surface area contributed by atoms with Crippen molar-refractivity contribution in [3.63, 3.8) is 0 Å². The molecule has 0 atom stereocenters. The number of amides is 1. The van der Waals surface area contributed by atoms with Gasteiger partial charge in [-0.1, -0.05) is 32.3 Å². The van der Waals surface area contributed by atoms with E-state index in [1.54, 1.807) is 6.08 Å².